The second kappa shape index (κ2) is 5.70. The van der Waals surface area contributed by atoms with Crippen molar-refractivity contribution in [1.29, 1.82) is 0 Å². The third kappa shape index (κ3) is 3.02. The zero-order chi connectivity index (χ0) is 13.1. The first-order valence-electron chi connectivity index (χ1n) is 6.38. The Balaban J connectivity index is 2.15. The van der Waals surface area contributed by atoms with Crippen molar-refractivity contribution in [2.45, 2.75) is 37.5 Å². The van der Waals surface area contributed by atoms with Gasteiger partial charge in [-0.1, -0.05) is 13.0 Å². The molecule has 0 saturated heterocycles. The van der Waals surface area contributed by atoms with E-state index < -0.39 is 0 Å². The van der Waals surface area contributed by atoms with Crippen molar-refractivity contribution in [3.05, 3.63) is 29.3 Å². The molecule has 0 atom stereocenters. The Labute approximate surface area is 112 Å². The van der Waals surface area contributed by atoms with Gasteiger partial charge >= 0.3 is 0 Å². The van der Waals surface area contributed by atoms with Crippen LogP contribution < -0.4 is 0 Å². The Hall–Kier alpha value is -1.09. The molecule has 0 aromatic heterocycles. The fourth-order valence-corrected chi connectivity index (χ4v) is 2.53. The molecule has 96 valence electrons. The highest BCUT2D eigenvalue weighted by atomic mass is 32.2. The lowest BCUT2D eigenvalue weighted by atomic mass is 9.97. The summed E-state index contributed by atoms with van der Waals surface area (Å²) in [7, 11) is 0. The molecule has 0 amide bonds. The van der Waals surface area contributed by atoms with E-state index in [2.05, 4.69) is 6.07 Å². The van der Waals surface area contributed by atoms with Crippen LogP contribution in [0.5, 0.6) is 0 Å². The van der Waals surface area contributed by atoms with Gasteiger partial charge in [-0.3, -0.25) is 9.59 Å². The molecule has 0 N–H and O–H groups in total. The molecule has 18 heavy (non-hydrogen) atoms. The van der Waals surface area contributed by atoms with Crippen molar-refractivity contribution >= 4 is 23.3 Å². The number of ketones is 2. The number of thioether (sulfide) groups is 1. The third-order valence-corrected chi connectivity index (χ3v) is 4.09. The molecule has 0 aliphatic heterocycles. The second-order valence-corrected chi connectivity index (χ2v) is 5.60. The molecule has 2 nitrogen and oxygen atoms in total. The minimum Gasteiger partial charge on any atom is -0.299 e. The van der Waals surface area contributed by atoms with E-state index in [1.807, 2.05) is 25.3 Å². The van der Waals surface area contributed by atoms with Crippen LogP contribution in [-0.4, -0.2) is 17.8 Å². The number of hydrogen-bond acceptors (Lipinski definition) is 3. The van der Waals surface area contributed by atoms with Crippen LogP contribution in [0.3, 0.4) is 0 Å². The van der Waals surface area contributed by atoms with Crippen LogP contribution >= 0.6 is 11.8 Å². The lowest BCUT2D eigenvalue weighted by Crippen LogP contribution is -2.11. The molecule has 1 fully saturated rings. The first-order chi connectivity index (χ1) is 8.65. The van der Waals surface area contributed by atoms with Gasteiger partial charge in [0, 0.05) is 16.4 Å². The molecular weight excluding hydrogens is 244 g/mol. The average Bonchev–Trinajstić information content (AvgIpc) is 3.22. The van der Waals surface area contributed by atoms with Gasteiger partial charge in [-0.25, -0.2) is 0 Å². The van der Waals surface area contributed by atoms with Gasteiger partial charge in [0.15, 0.2) is 5.78 Å². The predicted molar refractivity (Wildman–Crippen MR) is 74.3 cm³/mol. The molecular formula is C15H18O2S. The van der Waals surface area contributed by atoms with Crippen molar-refractivity contribution in [3.63, 3.8) is 0 Å². The quantitative estimate of drug-likeness (QED) is 0.447. The Kier molecular flexibility index (Phi) is 4.23. The van der Waals surface area contributed by atoms with Crippen molar-refractivity contribution < 1.29 is 9.59 Å². The number of Topliss-reactive ketones (excluding diaryl/α,β-unsaturated/α-hetero) is 2. The van der Waals surface area contributed by atoms with Crippen LogP contribution in [0.2, 0.25) is 0 Å². The maximum absolute atomic E-state index is 12.1. The minimum atomic E-state index is -0.0172. The van der Waals surface area contributed by atoms with E-state index in [1.165, 1.54) is 0 Å². The number of carbonyl (C=O) groups is 2. The molecule has 1 aliphatic rings. The number of carbonyl (C=O) groups excluding carboxylic acids is 2. The summed E-state index contributed by atoms with van der Waals surface area (Å²) in [5, 5.41) is 0. The summed E-state index contributed by atoms with van der Waals surface area (Å²) in [5.41, 5.74) is 1.78. The van der Waals surface area contributed by atoms with Crippen LogP contribution in [0.15, 0.2) is 23.1 Å². The van der Waals surface area contributed by atoms with E-state index in [0.717, 1.165) is 35.3 Å². The molecule has 1 saturated carbocycles. The number of aryl methyl sites for hydroxylation is 1. The second-order valence-electron chi connectivity index (χ2n) is 4.72. The van der Waals surface area contributed by atoms with Crippen LogP contribution in [0.25, 0.3) is 0 Å². The van der Waals surface area contributed by atoms with E-state index in [-0.39, 0.29) is 23.9 Å². The number of benzene rings is 1. The molecule has 1 aromatic carbocycles. The first kappa shape index (κ1) is 13.3. The lowest BCUT2D eigenvalue weighted by Gasteiger charge is -2.08. The van der Waals surface area contributed by atoms with E-state index in [1.54, 1.807) is 11.8 Å². The van der Waals surface area contributed by atoms with E-state index >= 15 is 0 Å². The molecule has 1 aromatic rings. The highest BCUT2D eigenvalue weighted by Crippen LogP contribution is 2.31. The van der Waals surface area contributed by atoms with Crippen molar-refractivity contribution in [1.82, 2.24) is 0 Å². The molecule has 0 heterocycles. The van der Waals surface area contributed by atoms with Crippen LogP contribution in [0.1, 0.15) is 42.1 Å². The van der Waals surface area contributed by atoms with E-state index in [0.29, 0.717) is 0 Å². The van der Waals surface area contributed by atoms with Gasteiger partial charge in [0.05, 0.1) is 6.42 Å². The topological polar surface area (TPSA) is 34.1 Å². The average molecular weight is 262 g/mol. The highest BCUT2D eigenvalue weighted by molar-refractivity contribution is 7.98. The summed E-state index contributed by atoms with van der Waals surface area (Å²) in [6.07, 6.45) is 4.87. The summed E-state index contributed by atoms with van der Waals surface area (Å²) in [4.78, 5) is 25.0. The molecule has 0 spiro atoms. The molecule has 1 aliphatic carbocycles. The molecule has 0 unspecified atom stereocenters. The standard InChI is InChI=1S/C15H18O2S/c1-3-10-8-12(18-2)6-7-13(10)15(17)9-14(16)11-4-5-11/h6-8,11H,3-5,9H2,1-2H3. The van der Waals surface area contributed by atoms with Crippen molar-refractivity contribution in [2.24, 2.45) is 5.92 Å². The summed E-state index contributed by atoms with van der Waals surface area (Å²) < 4.78 is 0. The van der Waals surface area contributed by atoms with Gasteiger partial charge in [0.25, 0.3) is 0 Å². The number of hydrogen-bond donors (Lipinski definition) is 0. The van der Waals surface area contributed by atoms with Crippen LogP contribution in [0, 0.1) is 5.92 Å². The maximum Gasteiger partial charge on any atom is 0.170 e. The van der Waals surface area contributed by atoms with Gasteiger partial charge in [-0.2, -0.15) is 0 Å². The van der Waals surface area contributed by atoms with Crippen molar-refractivity contribution in [2.75, 3.05) is 6.26 Å². The van der Waals surface area contributed by atoms with Gasteiger partial charge < -0.3 is 0 Å². The van der Waals surface area contributed by atoms with E-state index in [4.69, 9.17) is 0 Å². The minimum absolute atomic E-state index is 0.0172. The molecule has 2 rings (SSSR count). The van der Waals surface area contributed by atoms with Gasteiger partial charge in [-0.15, -0.1) is 11.8 Å². The summed E-state index contributed by atoms with van der Waals surface area (Å²) in [5.74, 6) is 0.275. The lowest BCUT2D eigenvalue weighted by molar-refractivity contribution is -0.119. The summed E-state index contributed by atoms with van der Waals surface area (Å²) in [6, 6.07) is 5.88. The predicted octanol–water partition coefficient (Wildman–Crippen LogP) is 3.52. The van der Waals surface area contributed by atoms with Crippen LogP contribution in [-0.2, 0) is 11.2 Å². The normalized spacial score (nSPS) is 14.6. The Morgan fingerprint density at radius 2 is 2.06 bits per heavy atom. The largest absolute Gasteiger partial charge is 0.299 e. The fourth-order valence-electron chi connectivity index (χ4n) is 2.06. The Morgan fingerprint density at radius 3 is 2.61 bits per heavy atom. The zero-order valence-corrected chi connectivity index (χ0v) is 11.7. The first-order valence-corrected chi connectivity index (χ1v) is 7.61. The summed E-state index contributed by atoms with van der Waals surface area (Å²) in [6.45, 7) is 2.04. The summed E-state index contributed by atoms with van der Waals surface area (Å²) >= 11 is 1.67. The Bertz CT molecular complexity index is 475. The Morgan fingerprint density at radius 1 is 1.33 bits per heavy atom. The van der Waals surface area contributed by atoms with Gasteiger partial charge in [0.1, 0.15) is 5.78 Å². The molecule has 3 heteroatoms. The SMILES string of the molecule is CCc1cc(SC)ccc1C(=O)CC(=O)C1CC1. The maximum atomic E-state index is 12.1. The number of rotatable bonds is 6. The molecule has 0 bridgehead atoms. The van der Waals surface area contributed by atoms with Gasteiger partial charge in [0.2, 0.25) is 0 Å². The molecule has 0 radical (unpaired) electrons. The van der Waals surface area contributed by atoms with Crippen LogP contribution in [0.4, 0.5) is 0 Å². The van der Waals surface area contributed by atoms with Gasteiger partial charge in [-0.05, 0) is 43.2 Å². The monoisotopic (exact) mass is 262 g/mol. The van der Waals surface area contributed by atoms with Crippen molar-refractivity contribution in [3.8, 4) is 0 Å². The van der Waals surface area contributed by atoms with E-state index in [9.17, 15) is 9.59 Å². The fraction of sp³-hybridized carbons (Fsp3) is 0.467. The zero-order valence-electron chi connectivity index (χ0n) is 10.9. The highest BCUT2D eigenvalue weighted by Gasteiger charge is 2.31. The third-order valence-electron chi connectivity index (χ3n) is 3.36. The smallest absolute Gasteiger partial charge is 0.170 e.